The topological polar surface area (TPSA) is 19.6 Å². The van der Waals surface area contributed by atoms with Crippen LogP contribution in [0.3, 0.4) is 0 Å². The lowest BCUT2D eigenvalue weighted by atomic mass is 9.33. The van der Waals surface area contributed by atoms with E-state index in [1.807, 2.05) is 6.07 Å². The molecule has 0 N–H and O–H groups in total. The third kappa shape index (κ3) is 6.15. The Morgan fingerprint density at radius 2 is 1.08 bits per heavy atom. The van der Waals surface area contributed by atoms with Crippen molar-refractivity contribution >= 4 is 79.2 Å². The van der Waals surface area contributed by atoms with E-state index in [9.17, 15) is 0 Å². The van der Waals surface area contributed by atoms with E-state index in [1.54, 1.807) is 0 Å². The Labute approximate surface area is 374 Å². The Bertz CT molecular complexity index is 3150. The molecule has 0 radical (unpaired) electrons. The molecule has 0 saturated carbocycles. The van der Waals surface area contributed by atoms with Gasteiger partial charge in [0.05, 0.1) is 0 Å². The molecule has 8 aromatic rings. The minimum Gasteiger partial charge on any atom is -0.455 e. The van der Waals surface area contributed by atoms with Gasteiger partial charge in [-0.1, -0.05) is 148 Å². The molecular formula is C59H59BN2O. The number of fused-ring (bicyclic) bond motifs is 8. The van der Waals surface area contributed by atoms with E-state index in [0.29, 0.717) is 0 Å². The molecule has 0 amide bonds. The number of aryl methyl sites for hydroxylation is 1. The summed E-state index contributed by atoms with van der Waals surface area (Å²) in [5.41, 5.74) is 22.8. The van der Waals surface area contributed by atoms with Gasteiger partial charge in [-0.25, -0.2) is 0 Å². The fraction of sp³-hybridized carbons (Fsp3) is 0.288. The molecule has 63 heavy (non-hydrogen) atoms. The largest absolute Gasteiger partial charge is 0.455 e. The molecule has 1 aromatic heterocycles. The number of furan rings is 1. The SMILES string of the molecule is Cc1cc2c3c(c1)N(c1ccc(-c4cccc5c4oc4ccccc45)cc1)c1cc4c(cc1B3c1cc(C(C)(C)C)ccc1N2c1ccc(C(C)(C)C)cc1)C(C)(C)CCC4(C)C. The van der Waals surface area contributed by atoms with Crippen molar-refractivity contribution in [2.45, 2.75) is 111 Å². The average Bonchev–Trinajstić information content (AvgIpc) is 3.63. The van der Waals surface area contributed by atoms with Crippen LogP contribution in [0.2, 0.25) is 0 Å². The molecule has 3 aliphatic rings. The predicted octanol–water partition coefficient (Wildman–Crippen LogP) is 14.6. The van der Waals surface area contributed by atoms with E-state index in [4.69, 9.17) is 4.42 Å². The zero-order valence-electron chi connectivity index (χ0n) is 39.0. The smallest absolute Gasteiger partial charge is 0.252 e. The van der Waals surface area contributed by atoms with Gasteiger partial charge in [-0.05, 0) is 146 Å². The van der Waals surface area contributed by atoms with Crippen LogP contribution in [0.5, 0.6) is 0 Å². The van der Waals surface area contributed by atoms with Gasteiger partial charge in [0.1, 0.15) is 11.2 Å². The van der Waals surface area contributed by atoms with Crippen LogP contribution >= 0.6 is 0 Å². The highest BCUT2D eigenvalue weighted by Gasteiger charge is 2.46. The summed E-state index contributed by atoms with van der Waals surface area (Å²) in [7, 11) is 0. The van der Waals surface area contributed by atoms with Crippen LogP contribution in [0.15, 0.2) is 138 Å². The molecule has 3 nitrogen and oxygen atoms in total. The lowest BCUT2D eigenvalue weighted by Crippen LogP contribution is -2.62. The second-order valence-corrected chi connectivity index (χ2v) is 22.2. The molecule has 2 aliphatic heterocycles. The molecule has 0 fully saturated rings. The van der Waals surface area contributed by atoms with Crippen LogP contribution in [0, 0.1) is 6.92 Å². The van der Waals surface area contributed by atoms with Gasteiger partial charge in [0.15, 0.2) is 0 Å². The summed E-state index contributed by atoms with van der Waals surface area (Å²) in [5.74, 6) is 0. The van der Waals surface area contributed by atoms with E-state index < -0.39 is 0 Å². The van der Waals surface area contributed by atoms with Crippen LogP contribution < -0.4 is 26.2 Å². The van der Waals surface area contributed by atoms with Crippen LogP contribution in [-0.4, -0.2) is 6.71 Å². The minimum absolute atomic E-state index is 0.00948. The number of anilines is 6. The molecule has 4 heteroatoms. The van der Waals surface area contributed by atoms with Crippen molar-refractivity contribution in [2.75, 3.05) is 9.80 Å². The van der Waals surface area contributed by atoms with Gasteiger partial charge < -0.3 is 14.2 Å². The fourth-order valence-electron chi connectivity index (χ4n) is 11.1. The van der Waals surface area contributed by atoms with Crippen molar-refractivity contribution in [2.24, 2.45) is 0 Å². The highest BCUT2D eigenvalue weighted by atomic mass is 16.3. The molecule has 0 atom stereocenters. The van der Waals surface area contributed by atoms with E-state index in [1.165, 1.54) is 79.1 Å². The van der Waals surface area contributed by atoms with Gasteiger partial charge in [0.25, 0.3) is 6.71 Å². The maximum Gasteiger partial charge on any atom is 0.252 e. The first kappa shape index (κ1) is 39.8. The number of para-hydroxylation sites is 2. The van der Waals surface area contributed by atoms with Gasteiger partial charge in [-0.3, -0.25) is 0 Å². The Kier molecular flexibility index (Phi) is 8.54. The monoisotopic (exact) mass is 822 g/mol. The molecular weight excluding hydrogens is 763 g/mol. The molecule has 314 valence electrons. The first-order valence-electron chi connectivity index (χ1n) is 23.1. The number of rotatable bonds is 3. The zero-order chi connectivity index (χ0) is 44.0. The summed E-state index contributed by atoms with van der Waals surface area (Å²) in [6, 6.07) is 51.0. The van der Waals surface area contributed by atoms with Crippen molar-refractivity contribution in [3.63, 3.8) is 0 Å². The number of hydrogen-bond acceptors (Lipinski definition) is 3. The average molecular weight is 823 g/mol. The lowest BCUT2D eigenvalue weighted by Gasteiger charge is -2.47. The van der Waals surface area contributed by atoms with Gasteiger partial charge in [-0.15, -0.1) is 0 Å². The van der Waals surface area contributed by atoms with Crippen LogP contribution in [0.1, 0.15) is 110 Å². The van der Waals surface area contributed by atoms with Crippen LogP contribution in [-0.2, 0) is 21.7 Å². The summed E-state index contributed by atoms with van der Waals surface area (Å²) >= 11 is 0. The Balaban J connectivity index is 1.18. The standard InChI is InChI=1S/C59H59BN2O/c1-36-31-51-54-52(32-36)62(40-24-19-37(20-25-40)42-16-14-17-44-43-15-12-13-18-53(43)63-55(42)44)50-35-46-45(58(8,9)29-30-59(46,10)11)34-48(50)60(54)47-33-39(57(5,6)7)23-28-49(47)61(51)41-26-21-38(22-27-41)56(2,3)4/h12-28,31-35H,29-30H2,1-11H3. The molecule has 11 rings (SSSR count). The number of hydrogen-bond donors (Lipinski definition) is 0. The Morgan fingerprint density at radius 3 is 1.73 bits per heavy atom. The Morgan fingerprint density at radius 1 is 0.524 bits per heavy atom. The van der Waals surface area contributed by atoms with Crippen molar-refractivity contribution in [3.05, 3.63) is 161 Å². The second kappa shape index (κ2) is 13.5. The van der Waals surface area contributed by atoms with Crippen molar-refractivity contribution in [1.82, 2.24) is 0 Å². The summed E-state index contributed by atoms with van der Waals surface area (Å²) in [6.07, 6.45) is 2.33. The summed E-state index contributed by atoms with van der Waals surface area (Å²) in [4.78, 5) is 5.16. The van der Waals surface area contributed by atoms with Gasteiger partial charge >= 0.3 is 0 Å². The predicted molar refractivity (Wildman–Crippen MR) is 271 cm³/mol. The van der Waals surface area contributed by atoms with Crippen LogP contribution in [0.25, 0.3) is 33.1 Å². The third-order valence-corrected chi connectivity index (χ3v) is 14.9. The number of nitrogens with zero attached hydrogens (tertiary/aromatic N) is 2. The molecule has 1 aliphatic carbocycles. The van der Waals surface area contributed by atoms with E-state index >= 15 is 0 Å². The highest BCUT2D eigenvalue weighted by molar-refractivity contribution is 7.00. The first-order chi connectivity index (χ1) is 29.9. The van der Waals surface area contributed by atoms with Gasteiger partial charge in [0.2, 0.25) is 0 Å². The molecule has 0 saturated heterocycles. The normalized spacial score (nSPS) is 16.2. The molecule has 0 spiro atoms. The summed E-state index contributed by atoms with van der Waals surface area (Å²) < 4.78 is 6.54. The second-order valence-electron chi connectivity index (χ2n) is 22.2. The first-order valence-corrected chi connectivity index (χ1v) is 23.1. The molecule has 0 unspecified atom stereocenters. The molecule has 0 bridgehead atoms. The fourth-order valence-corrected chi connectivity index (χ4v) is 11.1. The van der Waals surface area contributed by atoms with Crippen molar-refractivity contribution < 1.29 is 4.42 Å². The maximum absolute atomic E-state index is 6.54. The van der Waals surface area contributed by atoms with Crippen LogP contribution in [0.4, 0.5) is 34.1 Å². The van der Waals surface area contributed by atoms with E-state index in [-0.39, 0.29) is 28.4 Å². The quantitative estimate of drug-likeness (QED) is 0.166. The highest BCUT2D eigenvalue weighted by Crippen LogP contribution is 2.51. The maximum atomic E-state index is 6.54. The molecule has 3 heterocycles. The van der Waals surface area contributed by atoms with Crippen molar-refractivity contribution in [3.8, 4) is 11.1 Å². The van der Waals surface area contributed by atoms with E-state index in [2.05, 4.69) is 213 Å². The number of benzene rings is 7. The van der Waals surface area contributed by atoms with Crippen molar-refractivity contribution in [1.29, 1.82) is 0 Å². The van der Waals surface area contributed by atoms with Gasteiger partial charge in [0, 0.05) is 50.5 Å². The molecule has 7 aromatic carbocycles. The zero-order valence-corrected chi connectivity index (χ0v) is 39.0. The van der Waals surface area contributed by atoms with E-state index in [0.717, 1.165) is 45.2 Å². The van der Waals surface area contributed by atoms with Gasteiger partial charge in [-0.2, -0.15) is 0 Å². The third-order valence-electron chi connectivity index (χ3n) is 14.9. The Hall–Kier alpha value is -6.00. The summed E-state index contributed by atoms with van der Waals surface area (Å²) in [6.45, 7) is 26.1. The minimum atomic E-state index is -0.00948. The summed E-state index contributed by atoms with van der Waals surface area (Å²) in [5, 5.41) is 2.30. The lowest BCUT2D eigenvalue weighted by molar-refractivity contribution is 0.332.